The molecule has 3 aromatic rings. The maximum atomic E-state index is 12.3. The molecule has 1 fully saturated rings. The van der Waals surface area contributed by atoms with Gasteiger partial charge in [-0.2, -0.15) is 9.97 Å². The smallest absolute Gasteiger partial charge is 0.226 e. The van der Waals surface area contributed by atoms with Crippen molar-refractivity contribution in [2.24, 2.45) is 0 Å². The Morgan fingerprint density at radius 2 is 1.79 bits per heavy atom. The summed E-state index contributed by atoms with van der Waals surface area (Å²) in [6.45, 7) is 4.63. The van der Waals surface area contributed by atoms with Crippen LogP contribution >= 0.6 is 0 Å². The highest BCUT2D eigenvalue weighted by Gasteiger charge is 2.47. The number of imidazole rings is 1. The molecule has 1 aliphatic heterocycles. The third-order valence-electron chi connectivity index (χ3n) is 6.03. The lowest BCUT2D eigenvalue weighted by molar-refractivity contribution is -0.135. The third kappa shape index (κ3) is 4.89. The molecule has 10 heteroatoms. The van der Waals surface area contributed by atoms with Crippen molar-refractivity contribution in [2.75, 3.05) is 17.6 Å². The lowest BCUT2D eigenvalue weighted by atomic mass is 10.0. The number of nitrogens with one attached hydrogen (secondary N) is 1. The second kappa shape index (κ2) is 10.5. The number of benzene rings is 1. The molecule has 4 atom stereocenters. The minimum atomic E-state index is -1.33. The lowest BCUT2D eigenvalue weighted by Crippen LogP contribution is -2.35. The molecule has 2 aromatic heterocycles. The van der Waals surface area contributed by atoms with Gasteiger partial charge in [0.25, 0.3) is 0 Å². The largest absolute Gasteiger partial charge is 0.387 e. The van der Waals surface area contributed by atoms with Crippen molar-refractivity contribution < 1.29 is 19.7 Å². The number of nitrogens with zero attached hydrogens (tertiary/aromatic N) is 4. The normalized spacial score (nSPS) is 22.4. The molecule has 0 bridgehead atoms. The van der Waals surface area contributed by atoms with Crippen LogP contribution in [0.1, 0.15) is 50.5 Å². The van der Waals surface area contributed by atoms with Gasteiger partial charge in [0.05, 0.1) is 6.33 Å². The Kier molecular flexibility index (Phi) is 7.40. The first-order chi connectivity index (χ1) is 16.4. The fourth-order valence-electron chi connectivity index (χ4n) is 4.23. The van der Waals surface area contributed by atoms with E-state index >= 15 is 0 Å². The Morgan fingerprint density at radius 1 is 1.09 bits per heavy atom. The van der Waals surface area contributed by atoms with Crippen molar-refractivity contribution in [3.8, 4) is 0 Å². The molecule has 5 N–H and O–H groups in total. The van der Waals surface area contributed by atoms with Crippen molar-refractivity contribution in [3.05, 3.63) is 41.7 Å². The minimum absolute atomic E-state index is 0.182. The van der Waals surface area contributed by atoms with Crippen LogP contribution in [0.5, 0.6) is 0 Å². The number of carbonyl (C=O) groups is 1. The van der Waals surface area contributed by atoms with E-state index in [-0.39, 0.29) is 18.0 Å². The number of aromatic nitrogens is 4. The molecule has 1 aliphatic rings. The number of hydrogen-bond acceptors (Lipinski definition) is 9. The molecule has 0 spiro atoms. The summed E-state index contributed by atoms with van der Waals surface area (Å²) in [5.41, 5.74) is 9.33. The number of fused-ring (bicyclic) bond motifs is 1. The fraction of sp³-hybridized carbons (Fsp3) is 0.500. The number of aliphatic hydroxyl groups excluding tert-OH is 2. The highest BCUT2D eigenvalue weighted by molar-refractivity contribution is 5.84. The number of nitrogen functional groups attached to an aromatic ring is 1. The Labute approximate surface area is 198 Å². The van der Waals surface area contributed by atoms with Crippen LogP contribution in [0.15, 0.2) is 30.6 Å². The quantitative estimate of drug-likeness (QED) is 0.350. The zero-order valence-corrected chi connectivity index (χ0v) is 19.5. The summed E-state index contributed by atoms with van der Waals surface area (Å²) in [6.07, 6.45) is 0.522. The molecule has 34 heavy (non-hydrogen) atoms. The Bertz CT molecular complexity index is 1130. The van der Waals surface area contributed by atoms with Crippen LogP contribution in [0.3, 0.4) is 0 Å². The summed E-state index contributed by atoms with van der Waals surface area (Å²) < 4.78 is 7.23. The van der Waals surface area contributed by atoms with E-state index in [0.29, 0.717) is 30.1 Å². The van der Waals surface area contributed by atoms with Crippen molar-refractivity contribution in [2.45, 2.75) is 70.5 Å². The number of rotatable bonds is 10. The van der Waals surface area contributed by atoms with Gasteiger partial charge >= 0.3 is 0 Å². The van der Waals surface area contributed by atoms with Gasteiger partial charge in [0.15, 0.2) is 23.5 Å². The van der Waals surface area contributed by atoms with E-state index in [0.717, 1.165) is 19.3 Å². The van der Waals surface area contributed by atoms with E-state index in [4.69, 9.17) is 10.5 Å². The van der Waals surface area contributed by atoms with Gasteiger partial charge < -0.3 is 26.0 Å². The number of hydrogen-bond donors (Lipinski definition) is 4. The van der Waals surface area contributed by atoms with E-state index in [1.807, 2.05) is 6.92 Å². The Hall–Kier alpha value is -3.08. The maximum Gasteiger partial charge on any atom is 0.226 e. The van der Waals surface area contributed by atoms with Crippen LogP contribution in [-0.2, 0) is 22.4 Å². The molecular formula is C24H32N6O4. The molecule has 1 aromatic carbocycles. The number of anilines is 2. The van der Waals surface area contributed by atoms with Crippen LogP contribution in [0, 0.1) is 0 Å². The second-order valence-electron chi connectivity index (χ2n) is 8.64. The Balaban J connectivity index is 1.49. The van der Waals surface area contributed by atoms with E-state index in [1.165, 1.54) is 22.0 Å². The van der Waals surface area contributed by atoms with Gasteiger partial charge in [-0.15, -0.1) is 0 Å². The van der Waals surface area contributed by atoms with Gasteiger partial charge in [-0.25, -0.2) is 4.98 Å². The van der Waals surface area contributed by atoms with Crippen molar-refractivity contribution in [1.29, 1.82) is 0 Å². The topological polar surface area (TPSA) is 148 Å². The van der Waals surface area contributed by atoms with Gasteiger partial charge in [0.1, 0.15) is 23.8 Å². The first kappa shape index (κ1) is 24.1. The first-order valence-corrected chi connectivity index (χ1v) is 11.8. The van der Waals surface area contributed by atoms with Crippen LogP contribution in [0.25, 0.3) is 11.2 Å². The highest BCUT2D eigenvalue weighted by Crippen LogP contribution is 2.33. The molecule has 3 heterocycles. The number of carbonyl (C=O) groups excluding carboxylic acids is 1. The number of ketones is 1. The molecule has 2 unspecified atom stereocenters. The summed E-state index contributed by atoms with van der Waals surface area (Å²) in [5.74, 6) is 0.253. The van der Waals surface area contributed by atoms with Crippen LogP contribution < -0.4 is 11.1 Å². The van der Waals surface area contributed by atoms with E-state index in [2.05, 4.69) is 51.5 Å². The monoisotopic (exact) mass is 468 g/mol. The number of aryl methyl sites for hydroxylation is 1. The van der Waals surface area contributed by atoms with E-state index in [1.54, 1.807) is 0 Å². The van der Waals surface area contributed by atoms with Crippen LogP contribution in [0.2, 0.25) is 0 Å². The lowest BCUT2D eigenvalue weighted by Gasteiger charge is -2.16. The van der Waals surface area contributed by atoms with Gasteiger partial charge in [0, 0.05) is 13.0 Å². The van der Waals surface area contributed by atoms with Crippen LogP contribution in [-0.4, -0.2) is 60.4 Å². The molecule has 182 valence electrons. The Morgan fingerprint density at radius 3 is 2.47 bits per heavy atom. The maximum absolute atomic E-state index is 12.3. The van der Waals surface area contributed by atoms with Gasteiger partial charge in [-0.05, 0) is 30.4 Å². The third-order valence-corrected chi connectivity index (χ3v) is 6.03. The molecule has 0 aliphatic carbocycles. The van der Waals surface area contributed by atoms with Gasteiger partial charge in [-0.3, -0.25) is 9.36 Å². The predicted molar refractivity (Wildman–Crippen MR) is 128 cm³/mol. The first-order valence-electron chi connectivity index (χ1n) is 11.8. The number of aliphatic hydroxyl groups is 2. The van der Waals surface area contributed by atoms with Crippen molar-refractivity contribution in [3.63, 3.8) is 0 Å². The number of ether oxygens (including phenoxy) is 1. The summed E-state index contributed by atoms with van der Waals surface area (Å²) >= 11 is 0. The highest BCUT2D eigenvalue weighted by atomic mass is 16.6. The number of Topliss-reactive ketones (excluding diaryl/α,β-unsaturated/α-hetero) is 1. The SMILES string of the molecule is CCCC(=O)C1OC(n2cnc3c(N)nc(NCCc4ccc(CCC)cc4)nc32)[C@@H](O)[C@H]1O. The summed E-state index contributed by atoms with van der Waals surface area (Å²) in [4.78, 5) is 25.3. The zero-order chi connectivity index (χ0) is 24.2. The van der Waals surface area contributed by atoms with Gasteiger partial charge in [0.2, 0.25) is 5.95 Å². The van der Waals surface area contributed by atoms with Crippen molar-refractivity contribution >= 4 is 28.7 Å². The fourth-order valence-corrected chi connectivity index (χ4v) is 4.23. The second-order valence-corrected chi connectivity index (χ2v) is 8.64. The summed E-state index contributed by atoms with van der Waals surface area (Å²) in [5, 5.41) is 24.1. The molecule has 0 saturated carbocycles. The molecule has 10 nitrogen and oxygen atoms in total. The molecule has 0 radical (unpaired) electrons. The van der Waals surface area contributed by atoms with E-state index in [9.17, 15) is 15.0 Å². The summed E-state index contributed by atoms with van der Waals surface area (Å²) in [7, 11) is 0. The average molecular weight is 469 g/mol. The average Bonchev–Trinajstić information content (AvgIpc) is 3.37. The zero-order valence-electron chi connectivity index (χ0n) is 19.5. The molecule has 4 rings (SSSR count). The molecular weight excluding hydrogens is 436 g/mol. The van der Waals surface area contributed by atoms with E-state index < -0.39 is 24.5 Å². The molecule has 1 saturated heterocycles. The van der Waals surface area contributed by atoms with Crippen molar-refractivity contribution in [1.82, 2.24) is 19.5 Å². The summed E-state index contributed by atoms with van der Waals surface area (Å²) in [6, 6.07) is 8.55. The minimum Gasteiger partial charge on any atom is -0.387 e. The van der Waals surface area contributed by atoms with Crippen LogP contribution in [0.4, 0.5) is 11.8 Å². The van der Waals surface area contributed by atoms with Gasteiger partial charge in [-0.1, -0.05) is 44.5 Å². The molecule has 0 amide bonds. The number of nitrogens with two attached hydrogens (primary N) is 1. The predicted octanol–water partition coefficient (Wildman–Crippen LogP) is 2.00. The standard InChI is InChI=1S/C24H32N6O4/c1-3-5-14-7-9-15(10-8-14)11-12-26-24-28-21(25)17-22(29-24)30(13-27-17)23-19(33)18(32)20(34-23)16(31)6-4-2/h7-10,13,18-20,23,32-33H,3-6,11-12H2,1-2H3,(H3,25,26,28,29)/t18-,19+,20?,23?/m1/s1.